The number of quaternary nitrogens is 1. The molecule has 0 amide bonds. The Bertz CT molecular complexity index is 972. The van der Waals surface area contributed by atoms with Gasteiger partial charge in [0.25, 0.3) is 0 Å². The van der Waals surface area contributed by atoms with Gasteiger partial charge in [0.2, 0.25) is 0 Å². The molecule has 0 bridgehead atoms. The Hall–Kier alpha value is -0.760. The average molecular weight is 873 g/mol. The third-order valence-corrected chi connectivity index (χ3v) is 12.6. The molecule has 0 aromatic carbocycles. The predicted molar refractivity (Wildman–Crippen MR) is 257 cm³/mol. The molecule has 0 rings (SSSR count). The second-order valence-electron chi connectivity index (χ2n) is 18.9. The lowest BCUT2D eigenvalue weighted by molar-refractivity contribution is -0.870. The Morgan fingerprint density at radius 2 is 0.867 bits per heavy atom. The molecule has 358 valence electrons. The molecule has 0 heterocycles. The molecule has 0 fully saturated rings. The number of allylic oxidation sites excluding steroid dienone is 2. The Kier molecular flexibility index (Phi) is 44.3. The van der Waals surface area contributed by atoms with Gasteiger partial charge in [-0.2, -0.15) is 0 Å². The molecule has 2 atom stereocenters. The van der Waals surface area contributed by atoms with E-state index >= 15 is 0 Å². The van der Waals surface area contributed by atoms with E-state index < -0.39 is 13.9 Å². The van der Waals surface area contributed by atoms with E-state index in [9.17, 15) is 14.3 Å². The number of nitrogens with zero attached hydrogens (tertiary/aromatic N) is 1. The summed E-state index contributed by atoms with van der Waals surface area (Å²) in [7, 11) is 1.68. The van der Waals surface area contributed by atoms with Crippen LogP contribution < -0.4 is 0 Å². The fourth-order valence-corrected chi connectivity index (χ4v) is 8.29. The Balaban J connectivity index is 4.07. The molecule has 8 nitrogen and oxygen atoms in total. The summed E-state index contributed by atoms with van der Waals surface area (Å²) in [4.78, 5) is 23.0. The van der Waals surface area contributed by atoms with E-state index in [1.807, 2.05) is 21.1 Å². The van der Waals surface area contributed by atoms with Crippen LogP contribution in [0.3, 0.4) is 0 Å². The van der Waals surface area contributed by atoms with Crippen molar-refractivity contribution in [2.75, 3.05) is 54.1 Å². The fourth-order valence-electron chi connectivity index (χ4n) is 7.55. The Morgan fingerprint density at radius 1 is 0.500 bits per heavy atom. The summed E-state index contributed by atoms with van der Waals surface area (Å²) < 4.78 is 35.1. The van der Waals surface area contributed by atoms with Crippen LogP contribution in [-0.4, -0.2) is 75.6 Å². The van der Waals surface area contributed by atoms with Crippen molar-refractivity contribution in [2.24, 2.45) is 0 Å². The number of phosphoric ester groups is 1. The number of likely N-dealkylation sites (N-methyl/N-ethyl adjacent to an activating group) is 1. The molecule has 0 aromatic heterocycles. The maximum absolute atomic E-state index is 12.8. The Morgan fingerprint density at radius 3 is 1.27 bits per heavy atom. The van der Waals surface area contributed by atoms with Gasteiger partial charge in [-0.05, 0) is 38.5 Å². The van der Waals surface area contributed by atoms with Crippen LogP contribution in [0, 0.1) is 0 Å². The molecule has 0 aliphatic carbocycles. The third-order valence-electron chi connectivity index (χ3n) is 11.6. The van der Waals surface area contributed by atoms with Crippen LogP contribution in [0.15, 0.2) is 12.2 Å². The molecular formula is C51H103NO7P+. The second kappa shape index (κ2) is 44.8. The van der Waals surface area contributed by atoms with Crippen LogP contribution in [0.25, 0.3) is 0 Å². The van der Waals surface area contributed by atoms with Gasteiger partial charge in [0.05, 0.1) is 34.4 Å². The number of ether oxygens (including phenoxy) is 2. The largest absolute Gasteiger partial charge is 0.472 e. The molecule has 9 heteroatoms. The topological polar surface area (TPSA) is 91.3 Å². The summed E-state index contributed by atoms with van der Waals surface area (Å²) in [6.45, 7) is 5.68. The SMILES string of the molecule is CCCCCCCCCC/C=C\CCCCCCCCCCCCCC(=O)OC(COCCCCCCCCCCCCCCCCC)COP(=O)(O)OCC[N+](C)(C)C. The quantitative estimate of drug-likeness (QED) is 0.0214. The molecule has 1 N–H and O–H groups in total. The van der Waals surface area contributed by atoms with Gasteiger partial charge in [-0.3, -0.25) is 13.8 Å². The standard InChI is InChI=1S/C51H102NO7P/c1-6-8-10-12-14-16-18-20-22-23-24-25-26-27-28-29-30-32-34-36-38-40-42-44-51(53)59-50(49-58-60(54,55)57-47-45-52(3,4)5)48-56-46-43-41-39-37-35-33-31-21-19-17-15-13-11-9-7-2/h23-24,50H,6-22,25-49H2,1-5H3/p+1/b24-23-. The van der Waals surface area contributed by atoms with Crippen LogP contribution >= 0.6 is 7.82 Å². The molecule has 2 unspecified atom stereocenters. The van der Waals surface area contributed by atoms with Crippen molar-refractivity contribution in [3.05, 3.63) is 12.2 Å². The van der Waals surface area contributed by atoms with E-state index in [1.165, 1.54) is 199 Å². The van der Waals surface area contributed by atoms with Gasteiger partial charge in [-0.1, -0.05) is 219 Å². The summed E-state index contributed by atoms with van der Waals surface area (Å²) in [5.74, 6) is -0.308. The van der Waals surface area contributed by atoms with Crippen LogP contribution in [0.4, 0.5) is 0 Å². The van der Waals surface area contributed by atoms with Crippen LogP contribution in [-0.2, 0) is 27.9 Å². The van der Waals surface area contributed by atoms with Gasteiger partial charge in [0, 0.05) is 13.0 Å². The predicted octanol–water partition coefficient (Wildman–Crippen LogP) is 15.8. The number of hydrogen-bond acceptors (Lipinski definition) is 6. The highest BCUT2D eigenvalue weighted by Crippen LogP contribution is 2.43. The maximum atomic E-state index is 12.8. The first-order valence-electron chi connectivity index (χ1n) is 25.9. The highest BCUT2D eigenvalue weighted by molar-refractivity contribution is 7.47. The van der Waals surface area contributed by atoms with E-state index in [2.05, 4.69) is 26.0 Å². The van der Waals surface area contributed by atoms with Crippen LogP contribution in [0.2, 0.25) is 0 Å². The number of phosphoric acid groups is 1. The molecule has 0 radical (unpaired) electrons. The molecule has 0 aromatic rings. The lowest BCUT2D eigenvalue weighted by Gasteiger charge is -2.24. The van der Waals surface area contributed by atoms with Crippen molar-refractivity contribution in [1.82, 2.24) is 0 Å². The number of esters is 1. The monoisotopic (exact) mass is 873 g/mol. The minimum Gasteiger partial charge on any atom is -0.457 e. The summed E-state index contributed by atoms with van der Waals surface area (Å²) in [5, 5.41) is 0. The zero-order valence-electron chi connectivity index (χ0n) is 40.7. The molecule has 60 heavy (non-hydrogen) atoms. The van der Waals surface area contributed by atoms with Gasteiger partial charge in [-0.25, -0.2) is 4.57 Å². The van der Waals surface area contributed by atoms with Crippen molar-refractivity contribution in [3.63, 3.8) is 0 Å². The van der Waals surface area contributed by atoms with Gasteiger partial charge >= 0.3 is 13.8 Å². The van der Waals surface area contributed by atoms with E-state index in [0.717, 1.165) is 32.1 Å². The van der Waals surface area contributed by atoms with E-state index in [-0.39, 0.29) is 25.8 Å². The maximum Gasteiger partial charge on any atom is 0.472 e. The summed E-state index contributed by atoms with van der Waals surface area (Å²) in [5.41, 5.74) is 0. The fraction of sp³-hybridized carbons (Fsp3) is 0.941. The van der Waals surface area contributed by atoms with Crippen molar-refractivity contribution in [1.29, 1.82) is 0 Å². The number of unbranched alkanes of at least 4 members (excludes halogenated alkanes) is 33. The normalized spacial score (nSPS) is 13.6. The van der Waals surface area contributed by atoms with Crippen molar-refractivity contribution in [2.45, 2.75) is 258 Å². The average Bonchev–Trinajstić information content (AvgIpc) is 3.20. The number of carbonyl (C=O) groups is 1. The summed E-state index contributed by atoms with van der Waals surface area (Å²) >= 11 is 0. The molecule has 0 aliphatic heterocycles. The van der Waals surface area contributed by atoms with E-state index in [0.29, 0.717) is 24.1 Å². The number of rotatable bonds is 49. The van der Waals surface area contributed by atoms with E-state index in [1.54, 1.807) is 0 Å². The van der Waals surface area contributed by atoms with Gasteiger partial charge in [-0.15, -0.1) is 0 Å². The first-order chi connectivity index (χ1) is 29.1. The molecule has 0 aliphatic rings. The molecule has 0 saturated heterocycles. The highest BCUT2D eigenvalue weighted by Gasteiger charge is 2.26. The molecular weight excluding hydrogens is 770 g/mol. The van der Waals surface area contributed by atoms with E-state index in [4.69, 9.17) is 18.5 Å². The second-order valence-corrected chi connectivity index (χ2v) is 20.4. The van der Waals surface area contributed by atoms with Crippen LogP contribution in [0.5, 0.6) is 0 Å². The summed E-state index contributed by atoms with van der Waals surface area (Å²) in [6.07, 6.45) is 51.1. The number of carbonyl (C=O) groups excluding carboxylic acids is 1. The summed E-state index contributed by atoms with van der Waals surface area (Å²) in [6, 6.07) is 0. The Labute approximate surface area is 373 Å². The zero-order valence-corrected chi connectivity index (χ0v) is 41.6. The van der Waals surface area contributed by atoms with Gasteiger partial charge in [0.1, 0.15) is 19.3 Å². The van der Waals surface area contributed by atoms with Crippen LogP contribution in [0.1, 0.15) is 251 Å². The minimum absolute atomic E-state index is 0.0922. The van der Waals surface area contributed by atoms with Gasteiger partial charge < -0.3 is 18.9 Å². The minimum atomic E-state index is -4.27. The first-order valence-corrected chi connectivity index (χ1v) is 27.4. The smallest absolute Gasteiger partial charge is 0.457 e. The first kappa shape index (κ1) is 59.2. The third kappa shape index (κ3) is 48.3. The zero-order chi connectivity index (χ0) is 44.1. The lowest BCUT2D eigenvalue weighted by Crippen LogP contribution is -2.37. The molecule has 0 spiro atoms. The van der Waals surface area contributed by atoms with Crippen molar-refractivity contribution in [3.8, 4) is 0 Å². The lowest BCUT2D eigenvalue weighted by atomic mass is 10.0. The van der Waals surface area contributed by atoms with Crippen molar-refractivity contribution >= 4 is 13.8 Å². The number of hydrogen-bond donors (Lipinski definition) is 1. The highest BCUT2D eigenvalue weighted by atomic mass is 31.2. The molecule has 0 saturated carbocycles. The van der Waals surface area contributed by atoms with Crippen molar-refractivity contribution < 1.29 is 37.3 Å². The van der Waals surface area contributed by atoms with Gasteiger partial charge in [0.15, 0.2) is 0 Å².